The zero-order chi connectivity index (χ0) is 14.3. The first-order chi connectivity index (χ1) is 9.08. The summed E-state index contributed by atoms with van der Waals surface area (Å²) in [4.78, 5) is 23.0. The molecule has 1 rings (SSSR count). The molecule has 0 unspecified atom stereocenters. The fourth-order valence-corrected chi connectivity index (χ4v) is 1.46. The lowest BCUT2D eigenvalue weighted by molar-refractivity contribution is -0.384. The van der Waals surface area contributed by atoms with E-state index < -0.39 is 11.0 Å². The van der Waals surface area contributed by atoms with Gasteiger partial charge in [-0.05, 0) is 6.07 Å². The summed E-state index contributed by atoms with van der Waals surface area (Å²) in [7, 11) is 0. The second kappa shape index (κ2) is 7.29. The van der Waals surface area contributed by atoms with Crippen LogP contribution in [0.2, 0.25) is 0 Å². The van der Waals surface area contributed by atoms with Crippen molar-refractivity contribution in [2.45, 2.75) is 0 Å². The zero-order valence-electron chi connectivity index (χ0n) is 10.2. The summed E-state index contributed by atoms with van der Waals surface area (Å²) >= 11 is 0. The molecule has 3 N–H and O–H groups in total. The first kappa shape index (κ1) is 14.9. The highest BCUT2D eigenvalue weighted by Gasteiger charge is 2.13. The first-order valence-corrected chi connectivity index (χ1v) is 5.60. The predicted molar refractivity (Wildman–Crippen MR) is 67.9 cm³/mol. The van der Waals surface area contributed by atoms with E-state index in [9.17, 15) is 14.9 Å². The standard InChI is InChI=1S/C11H15N3O5/c15-6-4-13(5-7-16)11(17)12-9-2-1-3-10(8-9)14(18)19/h1-3,8,15-16H,4-7H2,(H,12,17). The third-order valence-corrected chi connectivity index (χ3v) is 2.34. The monoisotopic (exact) mass is 269 g/mol. The van der Waals surface area contributed by atoms with Crippen molar-refractivity contribution in [1.29, 1.82) is 0 Å². The van der Waals surface area contributed by atoms with Crippen molar-refractivity contribution in [2.24, 2.45) is 0 Å². The van der Waals surface area contributed by atoms with Crippen LogP contribution in [0.4, 0.5) is 16.2 Å². The Morgan fingerprint density at radius 3 is 2.47 bits per heavy atom. The number of amides is 2. The van der Waals surface area contributed by atoms with E-state index in [1.807, 2.05) is 0 Å². The molecular formula is C11H15N3O5. The molecule has 19 heavy (non-hydrogen) atoms. The molecule has 8 heteroatoms. The third-order valence-electron chi connectivity index (χ3n) is 2.34. The van der Waals surface area contributed by atoms with Crippen molar-refractivity contribution in [3.8, 4) is 0 Å². The average Bonchev–Trinajstić information content (AvgIpc) is 2.38. The second-order valence-electron chi connectivity index (χ2n) is 3.67. The van der Waals surface area contributed by atoms with Crippen molar-refractivity contribution in [2.75, 3.05) is 31.6 Å². The minimum Gasteiger partial charge on any atom is -0.395 e. The molecule has 1 aromatic carbocycles. The van der Waals surface area contributed by atoms with E-state index in [2.05, 4.69) is 5.32 Å². The highest BCUT2D eigenvalue weighted by atomic mass is 16.6. The van der Waals surface area contributed by atoms with E-state index in [4.69, 9.17) is 10.2 Å². The molecule has 0 aromatic heterocycles. The van der Waals surface area contributed by atoms with Gasteiger partial charge in [-0.1, -0.05) is 6.07 Å². The minimum atomic E-state index is -0.561. The molecule has 104 valence electrons. The molecule has 1 aromatic rings. The van der Waals surface area contributed by atoms with Crippen LogP contribution in [0.5, 0.6) is 0 Å². The molecule has 0 heterocycles. The van der Waals surface area contributed by atoms with Gasteiger partial charge in [0, 0.05) is 30.9 Å². The number of nitro benzene ring substituents is 1. The number of benzene rings is 1. The van der Waals surface area contributed by atoms with Crippen molar-refractivity contribution in [1.82, 2.24) is 4.90 Å². The van der Waals surface area contributed by atoms with Crippen molar-refractivity contribution in [3.63, 3.8) is 0 Å². The molecule has 0 bridgehead atoms. The predicted octanol–water partition coefficient (Wildman–Crippen LogP) is 0.413. The molecule has 0 atom stereocenters. The molecule has 0 aliphatic rings. The molecule has 2 amide bonds. The molecule has 0 aliphatic carbocycles. The number of aliphatic hydroxyl groups excluding tert-OH is 2. The van der Waals surface area contributed by atoms with Crippen LogP contribution in [-0.4, -0.2) is 52.4 Å². The van der Waals surface area contributed by atoms with Crippen molar-refractivity contribution >= 4 is 17.4 Å². The normalized spacial score (nSPS) is 10.0. The van der Waals surface area contributed by atoms with Gasteiger partial charge < -0.3 is 20.4 Å². The van der Waals surface area contributed by atoms with Crippen LogP contribution in [0.15, 0.2) is 24.3 Å². The number of nitrogens with zero attached hydrogens (tertiary/aromatic N) is 2. The van der Waals surface area contributed by atoms with Crippen LogP contribution in [0, 0.1) is 10.1 Å². The topological polar surface area (TPSA) is 116 Å². The van der Waals surface area contributed by atoms with Gasteiger partial charge in [0.25, 0.3) is 5.69 Å². The Hall–Kier alpha value is -2.19. The molecule has 0 radical (unpaired) electrons. The molecule has 8 nitrogen and oxygen atoms in total. The van der Waals surface area contributed by atoms with E-state index in [0.717, 1.165) is 0 Å². The van der Waals surface area contributed by atoms with Gasteiger partial charge in [-0.3, -0.25) is 10.1 Å². The largest absolute Gasteiger partial charge is 0.395 e. The van der Waals surface area contributed by atoms with E-state index in [1.165, 1.54) is 29.2 Å². The maximum Gasteiger partial charge on any atom is 0.322 e. The van der Waals surface area contributed by atoms with E-state index in [1.54, 1.807) is 0 Å². The quantitative estimate of drug-likeness (QED) is 0.511. The van der Waals surface area contributed by atoms with Gasteiger partial charge in [-0.2, -0.15) is 0 Å². The number of rotatable bonds is 6. The van der Waals surface area contributed by atoms with Gasteiger partial charge in [0.05, 0.1) is 18.1 Å². The maximum absolute atomic E-state index is 11.8. The number of carbonyl (C=O) groups excluding carboxylic acids is 1. The number of anilines is 1. The number of nitro groups is 1. The maximum atomic E-state index is 11.8. The van der Waals surface area contributed by atoms with Crippen LogP contribution >= 0.6 is 0 Å². The molecule has 0 saturated heterocycles. The minimum absolute atomic E-state index is 0.0708. The number of hydrogen-bond donors (Lipinski definition) is 3. The molecular weight excluding hydrogens is 254 g/mol. The number of urea groups is 1. The van der Waals surface area contributed by atoms with Gasteiger partial charge in [0.15, 0.2) is 0 Å². The number of non-ortho nitro benzene ring substituents is 1. The first-order valence-electron chi connectivity index (χ1n) is 5.60. The van der Waals surface area contributed by atoms with Gasteiger partial charge in [-0.25, -0.2) is 4.79 Å². The summed E-state index contributed by atoms with van der Waals surface area (Å²) in [6.07, 6.45) is 0. The third kappa shape index (κ3) is 4.53. The van der Waals surface area contributed by atoms with E-state index in [0.29, 0.717) is 0 Å². The smallest absolute Gasteiger partial charge is 0.322 e. The Balaban J connectivity index is 2.74. The highest BCUT2D eigenvalue weighted by Crippen LogP contribution is 2.17. The van der Waals surface area contributed by atoms with Gasteiger partial charge in [0.2, 0.25) is 0 Å². The molecule has 0 spiro atoms. The van der Waals surface area contributed by atoms with Crippen LogP contribution in [0.3, 0.4) is 0 Å². The van der Waals surface area contributed by atoms with Gasteiger partial charge in [0.1, 0.15) is 0 Å². The van der Waals surface area contributed by atoms with Gasteiger partial charge in [-0.15, -0.1) is 0 Å². The Bertz CT molecular complexity index is 446. The lowest BCUT2D eigenvalue weighted by Gasteiger charge is -2.20. The average molecular weight is 269 g/mol. The van der Waals surface area contributed by atoms with Crippen LogP contribution < -0.4 is 5.32 Å². The van der Waals surface area contributed by atoms with Crippen LogP contribution in [0.25, 0.3) is 0 Å². The summed E-state index contributed by atoms with van der Waals surface area (Å²) in [5.41, 5.74) is 0.147. The summed E-state index contributed by atoms with van der Waals surface area (Å²) in [6, 6.07) is 4.98. The van der Waals surface area contributed by atoms with Gasteiger partial charge >= 0.3 is 6.03 Å². The Labute approximate surface area is 109 Å². The van der Waals surface area contributed by atoms with E-state index >= 15 is 0 Å². The lowest BCUT2D eigenvalue weighted by Crippen LogP contribution is -2.38. The summed E-state index contributed by atoms with van der Waals surface area (Å²) in [5.74, 6) is 0. The van der Waals surface area contributed by atoms with Crippen molar-refractivity contribution in [3.05, 3.63) is 34.4 Å². The molecule has 0 aliphatic heterocycles. The SMILES string of the molecule is O=C(Nc1cccc([N+](=O)[O-])c1)N(CCO)CCO. The number of hydrogen-bond acceptors (Lipinski definition) is 5. The Morgan fingerprint density at radius 2 is 1.95 bits per heavy atom. The van der Waals surface area contributed by atoms with Crippen LogP contribution in [0.1, 0.15) is 0 Å². The fraction of sp³-hybridized carbons (Fsp3) is 0.364. The van der Waals surface area contributed by atoms with Crippen LogP contribution in [-0.2, 0) is 0 Å². The van der Waals surface area contributed by atoms with Crippen molar-refractivity contribution < 1.29 is 19.9 Å². The lowest BCUT2D eigenvalue weighted by atomic mass is 10.3. The van der Waals surface area contributed by atoms with E-state index in [-0.39, 0.29) is 37.7 Å². The second-order valence-corrected chi connectivity index (χ2v) is 3.67. The zero-order valence-corrected chi connectivity index (χ0v) is 10.2. The Kier molecular flexibility index (Phi) is 5.71. The number of carbonyl (C=O) groups is 1. The summed E-state index contributed by atoms with van der Waals surface area (Å²) < 4.78 is 0. The summed E-state index contributed by atoms with van der Waals surface area (Å²) in [5, 5.41) is 30.7. The number of nitrogens with one attached hydrogen (secondary N) is 1. The summed E-state index contributed by atoms with van der Waals surface area (Å²) in [6.45, 7) is -0.326. The number of aliphatic hydroxyl groups is 2. The Morgan fingerprint density at radius 1 is 1.32 bits per heavy atom. The highest BCUT2D eigenvalue weighted by molar-refractivity contribution is 5.89. The molecule has 0 saturated carbocycles. The molecule has 0 fully saturated rings. The fourth-order valence-electron chi connectivity index (χ4n) is 1.46.